The summed E-state index contributed by atoms with van der Waals surface area (Å²) in [5.74, 6) is -0.0264. The van der Waals surface area contributed by atoms with E-state index in [1.807, 2.05) is 47.8 Å². The van der Waals surface area contributed by atoms with Crippen molar-refractivity contribution in [1.29, 1.82) is 0 Å². The van der Waals surface area contributed by atoms with E-state index in [1.165, 1.54) is 23.3 Å². The Labute approximate surface area is 200 Å². The Morgan fingerprint density at radius 1 is 1.21 bits per heavy atom. The minimum absolute atomic E-state index is 0.248. The third-order valence-electron chi connectivity index (χ3n) is 6.30. The molecular weight excluding hydrogens is 452 g/mol. The van der Waals surface area contributed by atoms with E-state index < -0.39 is 5.97 Å². The van der Waals surface area contributed by atoms with Crippen LogP contribution in [0.2, 0.25) is 0 Å². The average Bonchev–Trinajstić information content (AvgIpc) is 3.50. The van der Waals surface area contributed by atoms with Crippen LogP contribution in [0.25, 0.3) is 21.5 Å². The van der Waals surface area contributed by atoms with Crippen molar-refractivity contribution >= 4 is 50.5 Å². The van der Waals surface area contributed by atoms with Crippen molar-refractivity contribution in [3.05, 3.63) is 69.4 Å². The van der Waals surface area contributed by atoms with Crippen molar-refractivity contribution < 1.29 is 14.3 Å². The Bertz CT molecular complexity index is 1340. The average molecular weight is 477 g/mol. The van der Waals surface area contributed by atoms with Crippen LogP contribution in [0.15, 0.2) is 47.8 Å². The van der Waals surface area contributed by atoms with Gasteiger partial charge in [-0.2, -0.15) is 0 Å². The highest BCUT2D eigenvalue weighted by molar-refractivity contribution is 7.17. The second-order valence-corrected chi connectivity index (χ2v) is 10.3. The van der Waals surface area contributed by atoms with Gasteiger partial charge in [0.2, 0.25) is 0 Å². The number of para-hydroxylation sites is 1. The van der Waals surface area contributed by atoms with Gasteiger partial charge >= 0.3 is 5.97 Å². The van der Waals surface area contributed by atoms with E-state index in [0.29, 0.717) is 22.0 Å². The summed E-state index contributed by atoms with van der Waals surface area (Å²) in [4.78, 5) is 33.2. The molecule has 0 bridgehead atoms. The third-order valence-corrected chi connectivity index (χ3v) is 8.36. The molecule has 0 unspecified atom stereocenters. The van der Waals surface area contributed by atoms with Gasteiger partial charge in [-0.05, 0) is 54.3 Å². The van der Waals surface area contributed by atoms with Gasteiger partial charge < -0.3 is 10.1 Å². The molecule has 0 saturated heterocycles. The van der Waals surface area contributed by atoms with Gasteiger partial charge in [0, 0.05) is 10.3 Å². The fraction of sp³-hybridized carbons (Fsp3) is 0.269. The standard InChI is InChI=1S/C26H24N2O3S2/c1-3-15-10-11-17-22(13-15)33-25(23(17)26(30)31-2)28-24(29)18-14-20(21-9-6-12-32-21)27-19-8-5-4-7-16(18)19/h4-9,12,14-15H,3,10-11,13H2,1-2H3,(H,28,29)/t15-/m0/s1. The normalized spacial score (nSPS) is 15.3. The van der Waals surface area contributed by atoms with Crippen LogP contribution < -0.4 is 5.32 Å². The maximum atomic E-state index is 13.6. The molecule has 0 radical (unpaired) electrons. The molecule has 4 aromatic rings. The number of nitrogens with one attached hydrogen (secondary N) is 1. The van der Waals surface area contributed by atoms with Gasteiger partial charge in [0.15, 0.2) is 0 Å². The van der Waals surface area contributed by atoms with Crippen molar-refractivity contribution in [2.75, 3.05) is 12.4 Å². The number of fused-ring (bicyclic) bond motifs is 2. The molecule has 168 valence electrons. The smallest absolute Gasteiger partial charge is 0.341 e. The lowest BCUT2D eigenvalue weighted by Gasteiger charge is -2.20. The zero-order chi connectivity index (χ0) is 22.9. The molecular formula is C26H24N2O3S2. The Hall–Kier alpha value is -3.03. The first-order valence-corrected chi connectivity index (χ1v) is 12.8. The van der Waals surface area contributed by atoms with Crippen LogP contribution in [0.1, 0.15) is 50.9 Å². The molecule has 5 rings (SSSR count). The zero-order valence-corrected chi connectivity index (χ0v) is 20.1. The topological polar surface area (TPSA) is 68.3 Å². The molecule has 0 spiro atoms. The maximum absolute atomic E-state index is 13.6. The van der Waals surface area contributed by atoms with E-state index in [0.717, 1.165) is 52.7 Å². The van der Waals surface area contributed by atoms with Gasteiger partial charge in [-0.1, -0.05) is 37.6 Å². The number of amides is 1. The molecule has 33 heavy (non-hydrogen) atoms. The number of carbonyl (C=O) groups is 2. The molecule has 1 amide bonds. The molecule has 1 aliphatic carbocycles. The highest BCUT2D eigenvalue weighted by Gasteiger charge is 2.30. The number of pyridine rings is 1. The van der Waals surface area contributed by atoms with E-state index in [2.05, 4.69) is 12.2 Å². The number of rotatable bonds is 5. The number of methoxy groups -OCH3 is 1. The van der Waals surface area contributed by atoms with Crippen molar-refractivity contribution in [2.45, 2.75) is 32.6 Å². The molecule has 1 aromatic carbocycles. The molecule has 3 aromatic heterocycles. The van der Waals surface area contributed by atoms with E-state index in [4.69, 9.17) is 9.72 Å². The molecule has 3 heterocycles. The monoisotopic (exact) mass is 476 g/mol. The van der Waals surface area contributed by atoms with Crippen LogP contribution in [-0.4, -0.2) is 24.0 Å². The number of esters is 1. The quantitative estimate of drug-likeness (QED) is 0.330. The Balaban J connectivity index is 1.57. The molecule has 0 aliphatic heterocycles. The summed E-state index contributed by atoms with van der Waals surface area (Å²) < 4.78 is 5.09. The Kier molecular flexibility index (Phi) is 6.00. The van der Waals surface area contributed by atoms with Crippen molar-refractivity contribution in [2.24, 2.45) is 5.92 Å². The van der Waals surface area contributed by atoms with Crippen LogP contribution in [-0.2, 0) is 17.6 Å². The summed E-state index contributed by atoms with van der Waals surface area (Å²) in [5, 5.41) is 6.40. The molecule has 5 nitrogen and oxygen atoms in total. The first-order chi connectivity index (χ1) is 16.1. The first kappa shape index (κ1) is 21.8. The van der Waals surface area contributed by atoms with Crippen LogP contribution in [0, 0.1) is 5.92 Å². The fourth-order valence-electron chi connectivity index (χ4n) is 4.49. The second kappa shape index (κ2) is 9.08. The summed E-state index contributed by atoms with van der Waals surface area (Å²) in [5.41, 5.74) is 3.61. The zero-order valence-electron chi connectivity index (χ0n) is 18.5. The largest absolute Gasteiger partial charge is 0.465 e. The molecule has 7 heteroatoms. The van der Waals surface area contributed by atoms with Gasteiger partial charge in [-0.15, -0.1) is 22.7 Å². The number of hydrogen-bond donors (Lipinski definition) is 1. The number of ether oxygens (including phenoxy) is 1. The lowest BCUT2D eigenvalue weighted by molar-refractivity contribution is 0.0601. The first-order valence-electron chi connectivity index (χ1n) is 11.1. The molecule has 1 atom stereocenters. The number of hydrogen-bond acceptors (Lipinski definition) is 6. The summed E-state index contributed by atoms with van der Waals surface area (Å²) in [6.07, 6.45) is 3.94. The van der Waals surface area contributed by atoms with Crippen LogP contribution in [0.4, 0.5) is 5.00 Å². The highest BCUT2D eigenvalue weighted by atomic mass is 32.1. The van der Waals surface area contributed by atoms with Gasteiger partial charge in [0.25, 0.3) is 5.91 Å². The summed E-state index contributed by atoms with van der Waals surface area (Å²) in [6, 6.07) is 13.4. The number of nitrogens with zero attached hydrogens (tertiary/aromatic N) is 1. The van der Waals surface area contributed by atoms with Gasteiger partial charge in [-0.3, -0.25) is 4.79 Å². The summed E-state index contributed by atoms with van der Waals surface area (Å²) >= 11 is 3.09. The van der Waals surface area contributed by atoms with E-state index in [1.54, 1.807) is 11.3 Å². The van der Waals surface area contributed by atoms with Crippen molar-refractivity contribution in [3.8, 4) is 10.6 Å². The lowest BCUT2D eigenvalue weighted by atomic mass is 9.85. The van der Waals surface area contributed by atoms with Crippen LogP contribution in [0.3, 0.4) is 0 Å². The summed E-state index contributed by atoms with van der Waals surface area (Å²) in [7, 11) is 1.39. The van der Waals surface area contributed by atoms with Crippen LogP contribution in [0.5, 0.6) is 0 Å². The number of benzene rings is 1. The third kappa shape index (κ3) is 4.07. The van der Waals surface area contributed by atoms with E-state index in [-0.39, 0.29) is 5.91 Å². The van der Waals surface area contributed by atoms with Gasteiger partial charge in [0.1, 0.15) is 5.00 Å². The number of carbonyl (C=O) groups excluding carboxylic acids is 2. The molecule has 1 N–H and O–H groups in total. The van der Waals surface area contributed by atoms with Gasteiger partial charge in [0.05, 0.1) is 34.3 Å². The van der Waals surface area contributed by atoms with Gasteiger partial charge in [-0.25, -0.2) is 9.78 Å². The Morgan fingerprint density at radius 3 is 2.82 bits per heavy atom. The van der Waals surface area contributed by atoms with Crippen molar-refractivity contribution in [3.63, 3.8) is 0 Å². The van der Waals surface area contributed by atoms with E-state index in [9.17, 15) is 9.59 Å². The fourth-order valence-corrected chi connectivity index (χ4v) is 6.52. The minimum atomic E-state index is -0.392. The second-order valence-electron chi connectivity index (χ2n) is 8.22. The van der Waals surface area contributed by atoms with Crippen LogP contribution >= 0.6 is 22.7 Å². The van der Waals surface area contributed by atoms with E-state index >= 15 is 0 Å². The maximum Gasteiger partial charge on any atom is 0.341 e. The SMILES string of the molecule is CC[C@H]1CCc2c(sc(NC(=O)c3cc(-c4cccs4)nc4ccccc34)c2C(=O)OC)C1. The number of thiophene rings is 2. The molecule has 0 fully saturated rings. The molecule has 1 aliphatic rings. The molecule has 0 saturated carbocycles. The highest BCUT2D eigenvalue weighted by Crippen LogP contribution is 2.41. The minimum Gasteiger partial charge on any atom is -0.465 e. The van der Waals surface area contributed by atoms with Crippen molar-refractivity contribution in [1.82, 2.24) is 4.98 Å². The number of anilines is 1. The predicted molar refractivity (Wildman–Crippen MR) is 134 cm³/mol. The summed E-state index contributed by atoms with van der Waals surface area (Å²) in [6.45, 7) is 2.20. The lowest BCUT2D eigenvalue weighted by Crippen LogP contribution is -2.17. The predicted octanol–water partition coefficient (Wildman–Crippen LogP) is 6.58. The Morgan fingerprint density at radius 2 is 2.06 bits per heavy atom. The number of aromatic nitrogens is 1.